The molecule has 1 heterocycles. The van der Waals surface area contributed by atoms with Gasteiger partial charge in [0.2, 0.25) is 5.91 Å². The van der Waals surface area contributed by atoms with Crippen molar-refractivity contribution < 1.29 is 14.1 Å². The maximum absolute atomic E-state index is 14.1. The molecule has 11 heteroatoms. The number of benzene rings is 2. The molecule has 3 aromatic rings. The van der Waals surface area contributed by atoms with Gasteiger partial charge >= 0.3 is 0 Å². The number of rotatable bonds is 8. The molecule has 30 heavy (non-hydrogen) atoms. The lowest BCUT2D eigenvalue weighted by atomic mass is 10.2. The maximum Gasteiger partial charge on any atom is 0.271 e. The second kappa shape index (κ2) is 9.51. The number of hydrogen-bond donors (Lipinski definition) is 1. The molecule has 0 aliphatic carbocycles. The number of aromatic nitrogens is 3. The molecule has 0 unspecified atom stereocenters. The van der Waals surface area contributed by atoms with Gasteiger partial charge in [0, 0.05) is 18.7 Å². The van der Waals surface area contributed by atoms with Crippen LogP contribution in [0, 0.1) is 15.9 Å². The van der Waals surface area contributed by atoms with E-state index in [4.69, 9.17) is 11.6 Å². The van der Waals surface area contributed by atoms with Crippen molar-refractivity contribution in [3.63, 3.8) is 0 Å². The third-order valence-corrected chi connectivity index (χ3v) is 5.19. The number of halogens is 2. The highest BCUT2D eigenvalue weighted by atomic mass is 35.5. The van der Waals surface area contributed by atoms with Gasteiger partial charge in [-0.05, 0) is 18.2 Å². The molecule has 1 aromatic heterocycles. The summed E-state index contributed by atoms with van der Waals surface area (Å²) in [5, 5.41) is 21.9. The molecule has 0 aliphatic rings. The van der Waals surface area contributed by atoms with Gasteiger partial charge in [0.25, 0.3) is 5.69 Å². The summed E-state index contributed by atoms with van der Waals surface area (Å²) in [5.74, 6) is -0.525. The Labute approximate surface area is 179 Å². The second-order valence-electron chi connectivity index (χ2n) is 5.94. The van der Waals surface area contributed by atoms with Gasteiger partial charge in [0.1, 0.15) is 5.82 Å². The van der Waals surface area contributed by atoms with Gasteiger partial charge in [-0.25, -0.2) is 4.39 Å². The zero-order chi connectivity index (χ0) is 21.7. The Morgan fingerprint density at radius 3 is 2.77 bits per heavy atom. The van der Waals surface area contributed by atoms with Crippen LogP contribution in [0.4, 0.5) is 15.8 Å². The molecule has 0 saturated carbocycles. The average Bonchev–Trinajstić information content (AvgIpc) is 3.11. The maximum atomic E-state index is 14.1. The van der Waals surface area contributed by atoms with Crippen molar-refractivity contribution in [3.05, 3.63) is 76.1 Å². The molecule has 0 aliphatic heterocycles. The highest BCUT2D eigenvalue weighted by Gasteiger charge is 2.18. The highest BCUT2D eigenvalue weighted by molar-refractivity contribution is 7.99. The Morgan fingerprint density at radius 2 is 2.10 bits per heavy atom. The second-order valence-corrected chi connectivity index (χ2v) is 7.29. The fourth-order valence-corrected chi connectivity index (χ4v) is 3.54. The number of nitrogens with one attached hydrogen (secondary N) is 1. The van der Waals surface area contributed by atoms with Crippen molar-refractivity contribution in [2.24, 2.45) is 0 Å². The molecule has 0 bridgehead atoms. The fraction of sp³-hybridized carbons (Fsp3) is 0.105. The zero-order valence-electron chi connectivity index (χ0n) is 15.4. The lowest BCUT2D eigenvalue weighted by Gasteiger charge is -2.09. The molecule has 3 rings (SSSR count). The summed E-state index contributed by atoms with van der Waals surface area (Å²) >= 11 is 7.09. The van der Waals surface area contributed by atoms with E-state index >= 15 is 0 Å². The molecule has 2 aromatic carbocycles. The summed E-state index contributed by atoms with van der Waals surface area (Å²) in [6.45, 7) is 4.02. The molecule has 1 amide bonds. The lowest BCUT2D eigenvalue weighted by Crippen LogP contribution is -2.15. The van der Waals surface area contributed by atoms with Gasteiger partial charge in [-0.3, -0.25) is 19.5 Å². The summed E-state index contributed by atoms with van der Waals surface area (Å²) in [5.41, 5.74) is 0.374. The number of anilines is 1. The first kappa shape index (κ1) is 21.5. The molecular formula is C19H15ClFN5O3S. The third-order valence-electron chi connectivity index (χ3n) is 3.91. The largest absolute Gasteiger partial charge is 0.324 e. The standard InChI is InChI=1S/C19H15ClFN5O3S/c1-2-9-25-18(13-5-3-4-6-15(13)21)23-24-19(25)30-11-17(27)22-16-8-7-12(26(28)29)10-14(16)20/h2-8,10H,1,9,11H2,(H,22,27). The Bertz CT molecular complexity index is 1120. The summed E-state index contributed by atoms with van der Waals surface area (Å²) in [4.78, 5) is 22.5. The molecule has 0 atom stereocenters. The van der Waals surface area contributed by atoms with Crippen LogP contribution in [0.2, 0.25) is 5.02 Å². The molecular weight excluding hydrogens is 433 g/mol. The van der Waals surface area contributed by atoms with Gasteiger partial charge in [-0.1, -0.05) is 41.6 Å². The van der Waals surface area contributed by atoms with E-state index in [0.717, 1.165) is 17.8 Å². The molecule has 1 N–H and O–H groups in total. The molecule has 0 spiro atoms. The molecule has 154 valence electrons. The van der Waals surface area contributed by atoms with Crippen LogP contribution in [0.25, 0.3) is 11.4 Å². The van der Waals surface area contributed by atoms with E-state index < -0.39 is 16.6 Å². The van der Waals surface area contributed by atoms with Crippen LogP contribution in [-0.4, -0.2) is 31.3 Å². The van der Waals surface area contributed by atoms with E-state index in [1.165, 1.54) is 18.2 Å². The molecule has 0 fully saturated rings. The van der Waals surface area contributed by atoms with Gasteiger partial charge < -0.3 is 5.32 Å². The van der Waals surface area contributed by atoms with Gasteiger partial charge in [0.15, 0.2) is 11.0 Å². The lowest BCUT2D eigenvalue weighted by molar-refractivity contribution is -0.384. The summed E-state index contributed by atoms with van der Waals surface area (Å²) in [6.07, 6.45) is 1.62. The van der Waals surface area contributed by atoms with Crippen LogP contribution in [0.5, 0.6) is 0 Å². The van der Waals surface area contributed by atoms with Crippen LogP contribution in [-0.2, 0) is 11.3 Å². The van der Waals surface area contributed by atoms with E-state index in [1.54, 1.807) is 28.8 Å². The van der Waals surface area contributed by atoms with Crippen LogP contribution < -0.4 is 5.32 Å². The number of thioether (sulfide) groups is 1. The van der Waals surface area contributed by atoms with Crippen molar-refractivity contribution in [3.8, 4) is 11.4 Å². The van der Waals surface area contributed by atoms with Gasteiger partial charge in [-0.15, -0.1) is 16.8 Å². The Kier molecular flexibility index (Phi) is 6.80. The van der Waals surface area contributed by atoms with Gasteiger partial charge in [0.05, 0.1) is 26.9 Å². The van der Waals surface area contributed by atoms with Crippen molar-refractivity contribution in [1.29, 1.82) is 0 Å². The minimum Gasteiger partial charge on any atom is -0.324 e. The Morgan fingerprint density at radius 1 is 1.33 bits per heavy atom. The Balaban J connectivity index is 1.73. The van der Waals surface area contributed by atoms with E-state index in [2.05, 4.69) is 22.1 Å². The first-order valence-electron chi connectivity index (χ1n) is 8.56. The smallest absolute Gasteiger partial charge is 0.271 e. The normalized spacial score (nSPS) is 10.6. The first-order valence-corrected chi connectivity index (χ1v) is 9.92. The summed E-state index contributed by atoms with van der Waals surface area (Å²) in [7, 11) is 0. The van der Waals surface area contributed by atoms with Crippen LogP contribution >= 0.6 is 23.4 Å². The zero-order valence-corrected chi connectivity index (χ0v) is 17.0. The quantitative estimate of drug-likeness (QED) is 0.235. The van der Waals surface area contributed by atoms with Crippen molar-refractivity contribution >= 4 is 40.6 Å². The number of carbonyl (C=O) groups is 1. The SMILES string of the molecule is C=CCn1c(SCC(=O)Nc2ccc([N+](=O)[O-])cc2Cl)nnc1-c1ccccc1F. The third kappa shape index (κ3) is 4.84. The number of non-ortho nitro benzene ring substituents is 1. The van der Waals surface area contributed by atoms with Crippen molar-refractivity contribution in [1.82, 2.24) is 14.8 Å². The van der Waals surface area contributed by atoms with Crippen molar-refractivity contribution in [2.45, 2.75) is 11.7 Å². The number of carbonyl (C=O) groups excluding carboxylic acids is 1. The fourth-order valence-electron chi connectivity index (χ4n) is 2.57. The van der Waals surface area contributed by atoms with Crippen LogP contribution in [0.3, 0.4) is 0 Å². The molecule has 0 saturated heterocycles. The number of allylic oxidation sites excluding steroid dienone is 1. The van der Waals surface area contributed by atoms with Gasteiger partial charge in [-0.2, -0.15) is 0 Å². The number of amides is 1. The van der Waals surface area contributed by atoms with E-state index in [9.17, 15) is 19.3 Å². The van der Waals surface area contributed by atoms with E-state index in [0.29, 0.717) is 23.1 Å². The number of nitrogens with zero attached hydrogens (tertiary/aromatic N) is 4. The number of nitro groups is 1. The number of hydrogen-bond acceptors (Lipinski definition) is 6. The Hall–Kier alpha value is -3.24. The van der Waals surface area contributed by atoms with E-state index in [1.807, 2.05) is 0 Å². The summed E-state index contributed by atoms with van der Waals surface area (Å²) < 4.78 is 15.8. The van der Waals surface area contributed by atoms with Crippen molar-refractivity contribution in [2.75, 3.05) is 11.1 Å². The predicted molar refractivity (Wildman–Crippen MR) is 113 cm³/mol. The molecule has 0 radical (unpaired) electrons. The monoisotopic (exact) mass is 447 g/mol. The minimum absolute atomic E-state index is 0.0279. The molecule has 8 nitrogen and oxygen atoms in total. The van der Waals surface area contributed by atoms with E-state index in [-0.39, 0.29) is 22.2 Å². The minimum atomic E-state index is -0.576. The predicted octanol–water partition coefficient (Wildman–Crippen LogP) is 4.56. The highest BCUT2D eigenvalue weighted by Crippen LogP contribution is 2.28. The summed E-state index contributed by atoms with van der Waals surface area (Å²) in [6, 6.07) is 9.96. The first-order chi connectivity index (χ1) is 14.4. The number of nitro benzene ring substituents is 1. The van der Waals surface area contributed by atoms with Crippen LogP contribution in [0.1, 0.15) is 0 Å². The van der Waals surface area contributed by atoms with Crippen LogP contribution in [0.15, 0.2) is 60.3 Å². The topological polar surface area (TPSA) is 103 Å². The average molecular weight is 448 g/mol.